The Morgan fingerprint density at radius 3 is 2.61 bits per heavy atom. The van der Waals surface area contributed by atoms with Crippen molar-refractivity contribution >= 4 is 38.6 Å². The second-order valence-electron chi connectivity index (χ2n) is 5.19. The molecule has 0 saturated carbocycles. The summed E-state index contributed by atoms with van der Waals surface area (Å²) >= 11 is 7.06. The van der Waals surface area contributed by atoms with Crippen LogP contribution in [0.2, 0.25) is 0 Å². The quantitative estimate of drug-likeness (QED) is 0.879. The van der Waals surface area contributed by atoms with Crippen LogP contribution in [0.5, 0.6) is 0 Å². The molecule has 0 bridgehead atoms. The van der Waals surface area contributed by atoms with Gasteiger partial charge in [-0.05, 0) is 27.4 Å². The molecule has 98 valence electrons. The molecular formula is C13H17BrN2S2. The fraction of sp³-hybridized carbons (Fsp3) is 0.462. The molecule has 2 aromatic rings. The van der Waals surface area contributed by atoms with E-state index in [0.717, 1.165) is 18.8 Å². The number of aromatic nitrogens is 1. The van der Waals surface area contributed by atoms with Crippen LogP contribution in [0.15, 0.2) is 21.3 Å². The molecule has 2 heterocycles. The third-order valence-electron chi connectivity index (χ3n) is 2.48. The summed E-state index contributed by atoms with van der Waals surface area (Å²) in [5.41, 5.74) is 1.29. The van der Waals surface area contributed by atoms with E-state index in [-0.39, 0.29) is 5.41 Å². The largest absolute Gasteiger partial charge is 0.306 e. The maximum atomic E-state index is 4.67. The van der Waals surface area contributed by atoms with E-state index >= 15 is 0 Å². The SMILES string of the molecule is CC(C)(C)c1nc(CNCc2sccc2Br)cs1. The average molecular weight is 345 g/mol. The van der Waals surface area contributed by atoms with Crippen molar-refractivity contribution in [1.29, 1.82) is 0 Å². The first-order valence-corrected chi connectivity index (χ1v) is 8.39. The third kappa shape index (κ3) is 3.63. The lowest BCUT2D eigenvalue weighted by atomic mass is 9.98. The normalized spacial score (nSPS) is 12.0. The Balaban J connectivity index is 1.88. The van der Waals surface area contributed by atoms with Crippen LogP contribution < -0.4 is 5.32 Å². The minimum absolute atomic E-state index is 0.152. The third-order valence-corrected chi connectivity index (χ3v) is 5.72. The summed E-state index contributed by atoms with van der Waals surface area (Å²) in [6, 6.07) is 2.09. The van der Waals surface area contributed by atoms with Crippen LogP contribution in [-0.2, 0) is 18.5 Å². The van der Waals surface area contributed by atoms with Gasteiger partial charge in [0.05, 0.1) is 10.7 Å². The summed E-state index contributed by atoms with van der Waals surface area (Å²) in [5.74, 6) is 0. The fourth-order valence-corrected chi connectivity index (χ4v) is 3.86. The summed E-state index contributed by atoms with van der Waals surface area (Å²) in [6.07, 6.45) is 0. The smallest absolute Gasteiger partial charge is 0.0982 e. The molecule has 0 aromatic carbocycles. The lowest BCUT2D eigenvalue weighted by molar-refractivity contribution is 0.579. The summed E-state index contributed by atoms with van der Waals surface area (Å²) in [5, 5.41) is 8.89. The standard InChI is InChI=1S/C13H17BrN2S2/c1-13(2,3)12-16-9(8-18-12)6-15-7-11-10(14)4-5-17-11/h4-5,8,15H,6-7H2,1-3H3. The second kappa shape index (κ2) is 5.82. The zero-order valence-electron chi connectivity index (χ0n) is 10.8. The molecule has 0 saturated heterocycles. The molecule has 5 heteroatoms. The van der Waals surface area contributed by atoms with Gasteiger partial charge in [-0.1, -0.05) is 20.8 Å². The molecule has 2 aromatic heterocycles. The zero-order valence-corrected chi connectivity index (χ0v) is 14.0. The van der Waals surface area contributed by atoms with Crippen molar-refractivity contribution in [2.45, 2.75) is 39.3 Å². The molecule has 2 nitrogen and oxygen atoms in total. The van der Waals surface area contributed by atoms with Gasteiger partial charge in [-0.25, -0.2) is 4.98 Å². The van der Waals surface area contributed by atoms with E-state index in [1.165, 1.54) is 14.4 Å². The van der Waals surface area contributed by atoms with E-state index in [1.54, 1.807) is 22.7 Å². The van der Waals surface area contributed by atoms with Gasteiger partial charge in [-0.15, -0.1) is 22.7 Å². The molecule has 0 unspecified atom stereocenters. The number of hydrogen-bond acceptors (Lipinski definition) is 4. The number of nitrogens with one attached hydrogen (secondary N) is 1. The highest BCUT2D eigenvalue weighted by Crippen LogP contribution is 2.26. The number of nitrogens with zero attached hydrogens (tertiary/aromatic N) is 1. The van der Waals surface area contributed by atoms with Crippen LogP contribution in [0.1, 0.15) is 36.3 Å². The Bertz CT molecular complexity index is 511. The minimum atomic E-state index is 0.152. The lowest BCUT2D eigenvalue weighted by Gasteiger charge is -2.13. The van der Waals surface area contributed by atoms with Crippen LogP contribution in [0, 0.1) is 0 Å². The fourth-order valence-electron chi connectivity index (χ4n) is 1.49. The summed E-state index contributed by atoms with van der Waals surface area (Å²) < 4.78 is 1.19. The minimum Gasteiger partial charge on any atom is -0.306 e. The molecule has 2 rings (SSSR count). The van der Waals surface area contributed by atoms with Gasteiger partial charge < -0.3 is 5.32 Å². The van der Waals surface area contributed by atoms with E-state index in [0.29, 0.717) is 0 Å². The summed E-state index contributed by atoms with van der Waals surface area (Å²) in [6.45, 7) is 8.32. The number of thiazole rings is 1. The van der Waals surface area contributed by atoms with Crippen molar-refractivity contribution in [3.63, 3.8) is 0 Å². The van der Waals surface area contributed by atoms with Crippen molar-refractivity contribution in [3.8, 4) is 0 Å². The van der Waals surface area contributed by atoms with Crippen LogP contribution in [-0.4, -0.2) is 4.98 Å². The molecule has 0 atom stereocenters. The van der Waals surface area contributed by atoms with Crippen molar-refractivity contribution in [1.82, 2.24) is 10.3 Å². The monoisotopic (exact) mass is 344 g/mol. The number of hydrogen-bond donors (Lipinski definition) is 1. The second-order valence-corrected chi connectivity index (χ2v) is 7.90. The number of thiophene rings is 1. The van der Waals surface area contributed by atoms with Crippen LogP contribution in [0.25, 0.3) is 0 Å². The predicted octanol–water partition coefficient (Wildman–Crippen LogP) is 4.55. The first kappa shape index (κ1) is 14.2. The molecule has 0 radical (unpaired) electrons. The highest BCUT2D eigenvalue weighted by atomic mass is 79.9. The van der Waals surface area contributed by atoms with Gasteiger partial charge >= 0.3 is 0 Å². The van der Waals surface area contributed by atoms with Crippen LogP contribution in [0.4, 0.5) is 0 Å². The van der Waals surface area contributed by atoms with E-state index in [4.69, 9.17) is 0 Å². The number of halogens is 1. The Labute approximate surface area is 125 Å². The highest BCUT2D eigenvalue weighted by Gasteiger charge is 2.17. The van der Waals surface area contributed by atoms with Crippen molar-refractivity contribution in [2.24, 2.45) is 0 Å². The van der Waals surface area contributed by atoms with Gasteiger partial charge in [-0.3, -0.25) is 0 Å². The van der Waals surface area contributed by atoms with Gasteiger partial charge in [0.1, 0.15) is 0 Å². The molecule has 0 amide bonds. The van der Waals surface area contributed by atoms with Crippen LogP contribution >= 0.6 is 38.6 Å². The van der Waals surface area contributed by atoms with Gasteiger partial charge in [-0.2, -0.15) is 0 Å². The molecule has 0 fully saturated rings. The molecular weight excluding hydrogens is 328 g/mol. The first-order valence-electron chi connectivity index (χ1n) is 5.84. The van der Waals surface area contributed by atoms with E-state index < -0.39 is 0 Å². The molecule has 0 aliphatic rings. The van der Waals surface area contributed by atoms with E-state index in [1.807, 2.05) is 0 Å². The van der Waals surface area contributed by atoms with E-state index in [2.05, 4.69) is 63.8 Å². The Morgan fingerprint density at radius 1 is 1.28 bits per heavy atom. The van der Waals surface area contributed by atoms with Crippen molar-refractivity contribution < 1.29 is 0 Å². The zero-order chi connectivity index (χ0) is 13.2. The van der Waals surface area contributed by atoms with Gasteiger partial charge in [0.2, 0.25) is 0 Å². The van der Waals surface area contributed by atoms with Crippen molar-refractivity contribution in [2.75, 3.05) is 0 Å². The summed E-state index contributed by atoms with van der Waals surface area (Å²) in [7, 11) is 0. The molecule has 0 spiro atoms. The Kier molecular flexibility index (Phi) is 4.59. The van der Waals surface area contributed by atoms with Gasteiger partial charge in [0.25, 0.3) is 0 Å². The first-order chi connectivity index (χ1) is 8.47. The molecule has 1 N–H and O–H groups in total. The molecule has 0 aliphatic heterocycles. The maximum absolute atomic E-state index is 4.67. The van der Waals surface area contributed by atoms with Crippen LogP contribution in [0.3, 0.4) is 0 Å². The molecule has 18 heavy (non-hydrogen) atoms. The average Bonchev–Trinajstić information content (AvgIpc) is 2.88. The molecule has 0 aliphatic carbocycles. The maximum Gasteiger partial charge on any atom is 0.0982 e. The van der Waals surface area contributed by atoms with Crippen molar-refractivity contribution in [3.05, 3.63) is 36.9 Å². The van der Waals surface area contributed by atoms with E-state index in [9.17, 15) is 0 Å². The Hall–Kier alpha value is -0.230. The Morgan fingerprint density at radius 2 is 2.06 bits per heavy atom. The lowest BCUT2D eigenvalue weighted by Crippen LogP contribution is -2.14. The van der Waals surface area contributed by atoms with Gasteiger partial charge in [0.15, 0.2) is 0 Å². The number of rotatable bonds is 4. The highest BCUT2D eigenvalue weighted by molar-refractivity contribution is 9.10. The summed E-state index contributed by atoms with van der Waals surface area (Å²) in [4.78, 5) is 6.00. The van der Waals surface area contributed by atoms with Gasteiger partial charge in [0, 0.05) is 33.2 Å². The topological polar surface area (TPSA) is 24.9 Å². The predicted molar refractivity (Wildman–Crippen MR) is 83.4 cm³/mol.